The number of benzene rings is 1. The molecule has 1 atom stereocenters. The predicted molar refractivity (Wildman–Crippen MR) is 119 cm³/mol. The molecule has 1 aliphatic rings. The number of carbonyl (C=O) groups is 2. The number of para-hydroxylation sites is 1. The molecule has 1 fully saturated rings. The maximum Gasteiger partial charge on any atom is 0.248 e. The van der Waals surface area contributed by atoms with Gasteiger partial charge in [0.1, 0.15) is 6.04 Å². The molecule has 0 aliphatic heterocycles. The first-order chi connectivity index (χ1) is 14.2. The lowest BCUT2D eigenvalue weighted by Crippen LogP contribution is -2.46. The fourth-order valence-electron chi connectivity index (χ4n) is 3.84. The van der Waals surface area contributed by atoms with Crippen LogP contribution in [0.25, 0.3) is 0 Å². The van der Waals surface area contributed by atoms with Crippen LogP contribution in [0.1, 0.15) is 41.5 Å². The van der Waals surface area contributed by atoms with Gasteiger partial charge in [-0.1, -0.05) is 43.2 Å². The summed E-state index contributed by atoms with van der Waals surface area (Å²) < 4.78 is 0. The average molecular weight is 425 g/mol. The molecule has 1 aromatic carbocycles. The Kier molecular flexibility index (Phi) is 6.42. The Morgan fingerprint density at radius 1 is 0.966 bits per heavy atom. The normalized spacial score (nSPS) is 15.2. The molecular weight excluding hydrogens is 400 g/mol. The molecule has 0 bridgehead atoms. The number of nitrogens with zero attached hydrogens (tertiary/aromatic N) is 1. The lowest BCUT2D eigenvalue weighted by molar-refractivity contribution is -0.126. The summed E-state index contributed by atoms with van der Waals surface area (Å²) in [5.74, 6) is -0.165. The van der Waals surface area contributed by atoms with Crippen molar-refractivity contribution in [3.05, 3.63) is 75.1 Å². The van der Waals surface area contributed by atoms with Crippen molar-refractivity contribution < 1.29 is 9.59 Å². The zero-order chi connectivity index (χ0) is 20.1. The smallest absolute Gasteiger partial charge is 0.248 e. The van der Waals surface area contributed by atoms with E-state index in [4.69, 9.17) is 0 Å². The number of thiophene rings is 2. The Balaban J connectivity index is 1.69. The summed E-state index contributed by atoms with van der Waals surface area (Å²) in [5, 5.41) is 7.14. The Bertz CT molecular complexity index is 917. The molecule has 0 radical (unpaired) electrons. The van der Waals surface area contributed by atoms with Crippen molar-refractivity contribution in [1.29, 1.82) is 0 Å². The molecule has 1 unspecified atom stereocenters. The highest BCUT2D eigenvalue weighted by molar-refractivity contribution is 7.10. The molecule has 1 saturated carbocycles. The van der Waals surface area contributed by atoms with Gasteiger partial charge in [0.25, 0.3) is 0 Å². The lowest BCUT2D eigenvalue weighted by Gasteiger charge is -2.31. The first-order valence-corrected chi connectivity index (χ1v) is 11.7. The summed E-state index contributed by atoms with van der Waals surface area (Å²) >= 11 is 3.08. The van der Waals surface area contributed by atoms with Gasteiger partial charge >= 0.3 is 0 Å². The van der Waals surface area contributed by atoms with Crippen LogP contribution in [0.5, 0.6) is 0 Å². The highest BCUT2D eigenvalue weighted by Crippen LogP contribution is 2.32. The third-order valence-corrected chi connectivity index (χ3v) is 7.03. The molecule has 4 rings (SSSR count). The van der Waals surface area contributed by atoms with Crippen LogP contribution in [-0.2, 0) is 16.0 Å². The lowest BCUT2D eigenvalue weighted by atomic mass is 10.1. The largest absolute Gasteiger partial charge is 0.351 e. The molecule has 1 aliphatic carbocycles. The Labute approximate surface area is 179 Å². The summed E-state index contributed by atoms with van der Waals surface area (Å²) in [6.07, 6.45) is 4.60. The van der Waals surface area contributed by atoms with Crippen LogP contribution < -0.4 is 10.2 Å². The number of hydrogen-bond acceptors (Lipinski definition) is 4. The van der Waals surface area contributed by atoms with Gasteiger partial charge in [-0.3, -0.25) is 14.5 Å². The van der Waals surface area contributed by atoms with Crippen LogP contribution in [0.15, 0.2) is 65.4 Å². The van der Waals surface area contributed by atoms with Gasteiger partial charge in [-0.2, -0.15) is 0 Å². The van der Waals surface area contributed by atoms with Crippen molar-refractivity contribution in [3.63, 3.8) is 0 Å². The standard InChI is InChI=1S/C23H24N2O2S2/c26-21(16-19-12-6-14-28-19)25(18-10-2-1-3-11-18)22(20-13-7-15-29-20)23(27)24-17-8-4-5-9-17/h1-3,6-7,10-15,17,22H,4-5,8-9,16H2,(H,24,27). The monoisotopic (exact) mass is 424 g/mol. The second-order valence-corrected chi connectivity index (χ2v) is 9.27. The van der Waals surface area contributed by atoms with E-state index >= 15 is 0 Å². The minimum Gasteiger partial charge on any atom is -0.351 e. The number of anilines is 1. The fraction of sp³-hybridized carbons (Fsp3) is 0.304. The molecule has 1 N–H and O–H groups in total. The molecule has 6 heteroatoms. The maximum absolute atomic E-state index is 13.4. The molecule has 0 saturated heterocycles. The molecule has 2 heterocycles. The van der Waals surface area contributed by atoms with E-state index in [0.717, 1.165) is 41.1 Å². The average Bonchev–Trinajstić information content (AvgIpc) is 3.50. The summed E-state index contributed by atoms with van der Waals surface area (Å²) in [7, 11) is 0. The highest BCUT2D eigenvalue weighted by Gasteiger charge is 2.34. The molecule has 2 amide bonds. The first-order valence-electron chi connectivity index (χ1n) is 9.95. The van der Waals surface area contributed by atoms with E-state index in [9.17, 15) is 9.59 Å². The van der Waals surface area contributed by atoms with Gasteiger partial charge in [0.2, 0.25) is 11.8 Å². The Hall–Kier alpha value is -2.44. The van der Waals surface area contributed by atoms with E-state index in [1.807, 2.05) is 65.4 Å². The van der Waals surface area contributed by atoms with Crippen molar-refractivity contribution >= 4 is 40.2 Å². The van der Waals surface area contributed by atoms with Crippen molar-refractivity contribution in [2.75, 3.05) is 4.90 Å². The number of rotatable bonds is 7. The Morgan fingerprint density at radius 3 is 2.34 bits per heavy atom. The summed E-state index contributed by atoms with van der Waals surface area (Å²) in [6.45, 7) is 0. The maximum atomic E-state index is 13.4. The molecular formula is C23H24N2O2S2. The predicted octanol–water partition coefficient (Wildman–Crippen LogP) is 5.19. The van der Waals surface area contributed by atoms with E-state index < -0.39 is 6.04 Å². The van der Waals surface area contributed by atoms with Crippen LogP contribution in [0.4, 0.5) is 5.69 Å². The van der Waals surface area contributed by atoms with E-state index in [1.54, 1.807) is 16.2 Å². The van der Waals surface area contributed by atoms with Crippen LogP contribution in [0.2, 0.25) is 0 Å². The molecule has 0 spiro atoms. The summed E-state index contributed by atoms with van der Waals surface area (Å²) in [6, 6.07) is 16.9. The first kappa shape index (κ1) is 19.9. The zero-order valence-corrected chi connectivity index (χ0v) is 17.8. The topological polar surface area (TPSA) is 49.4 Å². The summed E-state index contributed by atoms with van der Waals surface area (Å²) in [5.41, 5.74) is 0.744. The minimum absolute atomic E-state index is 0.0707. The van der Waals surface area contributed by atoms with Crippen LogP contribution in [0, 0.1) is 0 Å². The number of hydrogen-bond donors (Lipinski definition) is 1. The third kappa shape index (κ3) is 4.77. The SMILES string of the molecule is O=C(NC1CCCC1)C(c1cccs1)N(C(=O)Cc1cccs1)c1ccccc1. The van der Waals surface area contributed by atoms with E-state index in [0.29, 0.717) is 0 Å². The molecule has 3 aromatic rings. The van der Waals surface area contributed by atoms with Crippen LogP contribution in [-0.4, -0.2) is 17.9 Å². The molecule has 150 valence electrons. The van der Waals surface area contributed by atoms with Crippen molar-refractivity contribution in [2.45, 2.75) is 44.2 Å². The van der Waals surface area contributed by atoms with Gasteiger partial charge in [0.05, 0.1) is 6.42 Å². The van der Waals surface area contributed by atoms with E-state index in [1.165, 1.54) is 11.3 Å². The van der Waals surface area contributed by atoms with Gasteiger partial charge in [0.15, 0.2) is 0 Å². The van der Waals surface area contributed by atoms with Crippen LogP contribution in [0.3, 0.4) is 0 Å². The van der Waals surface area contributed by atoms with Gasteiger partial charge in [0, 0.05) is 21.5 Å². The quantitative estimate of drug-likeness (QED) is 0.568. The van der Waals surface area contributed by atoms with Crippen molar-refractivity contribution in [3.8, 4) is 0 Å². The van der Waals surface area contributed by atoms with Crippen molar-refractivity contribution in [1.82, 2.24) is 5.32 Å². The highest BCUT2D eigenvalue weighted by atomic mass is 32.1. The van der Waals surface area contributed by atoms with Gasteiger partial charge in [-0.05, 0) is 47.9 Å². The van der Waals surface area contributed by atoms with Gasteiger partial charge in [-0.25, -0.2) is 0 Å². The second-order valence-electron chi connectivity index (χ2n) is 7.26. The van der Waals surface area contributed by atoms with Gasteiger partial charge in [-0.15, -0.1) is 22.7 Å². The van der Waals surface area contributed by atoms with Crippen LogP contribution >= 0.6 is 22.7 Å². The minimum atomic E-state index is -0.662. The molecule has 2 aromatic heterocycles. The number of nitrogens with one attached hydrogen (secondary N) is 1. The van der Waals surface area contributed by atoms with E-state index in [-0.39, 0.29) is 24.3 Å². The zero-order valence-electron chi connectivity index (χ0n) is 16.1. The fourth-order valence-corrected chi connectivity index (χ4v) is 5.35. The number of carbonyl (C=O) groups excluding carboxylic acids is 2. The molecule has 29 heavy (non-hydrogen) atoms. The summed E-state index contributed by atoms with van der Waals surface area (Å²) in [4.78, 5) is 30.4. The molecule has 4 nitrogen and oxygen atoms in total. The number of amides is 2. The Morgan fingerprint density at radius 2 is 1.69 bits per heavy atom. The third-order valence-electron chi connectivity index (χ3n) is 5.23. The second kappa shape index (κ2) is 9.37. The van der Waals surface area contributed by atoms with Gasteiger partial charge < -0.3 is 5.32 Å². The van der Waals surface area contributed by atoms with E-state index in [2.05, 4.69) is 5.32 Å². The van der Waals surface area contributed by atoms with Crippen molar-refractivity contribution in [2.24, 2.45) is 0 Å².